The summed E-state index contributed by atoms with van der Waals surface area (Å²) in [5.74, 6) is 0. The second-order valence-corrected chi connectivity index (χ2v) is 7.07. The molecule has 1 rings (SSSR count). The fraction of sp³-hybridized carbons (Fsp3) is 1.00. The normalized spacial score (nSPS) is 20.3. The van der Waals surface area contributed by atoms with Gasteiger partial charge >= 0.3 is 0 Å². The van der Waals surface area contributed by atoms with Gasteiger partial charge in [0.05, 0.1) is 11.1 Å². The second kappa shape index (κ2) is 4.25. The number of nitrogens with zero attached hydrogens (tertiary/aromatic N) is 1. The first-order chi connectivity index (χ1) is 7.06. The molecule has 0 bridgehead atoms. The lowest BCUT2D eigenvalue weighted by Crippen LogP contribution is -2.60. The molecule has 0 aliphatic carbocycles. The van der Waals surface area contributed by atoms with Gasteiger partial charge < -0.3 is 5.11 Å². The van der Waals surface area contributed by atoms with Crippen molar-refractivity contribution in [2.24, 2.45) is 0 Å². The van der Waals surface area contributed by atoms with E-state index in [0.29, 0.717) is 13.1 Å². The largest absolute Gasteiger partial charge is 0.389 e. The van der Waals surface area contributed by atoms with E-state index in [9.17, 15) is 13.5 Å². The highest BCUT2D eigenvalue weighted by molar-refractivity contribution is 7.87. The van der Waals surface area contributed by atoms with Crippen molar-refractivity contribution < 1.29 is 13.5 Å². The quantitative estimate of drug-likeness (QED) is 0.762. The minimum atomic E-state index is -3.48. The van der Waals surface area contributed by atoms with Crippen LogP contribution in [0.2, 0.25) is 0 Å². The van der Waals surface area contributed by atoms with E-state index in [-0.39, 0.29) is 0 Å². The highest BCUT2D eigenvalue weighted by atomic mass is 32.2. The van der Waals surface area contributed by atoms with E-state index in [1.54, 1.807) is 27.7 Å². The minimum absolute atomic E-state index is 0.567. The smallest absolute Gasteiger partial charge is 0.280 e. The third kappa shape index (κ3) is 2.94. The fourth-order valence-electron chi connectivity index (χ4n) is 1.44. The summed E-state index contributed by atoms with van der Waals surface area (Å²) in [4.78, 5) is 0. The first-order valence-electron chi connectivity index (χ1n) is 5.58. The zero-order valence-electron chi connectivity index (χ0n) is 10.4. The number of rotatable bonds is 4. The van der Waals surface area contributed by atoms with Crippen LogP contribution in [0.4, 0.5) is 0 Å². The van der Waals surface area contributed by atoms with Crippen LogP contribution in [-0.4, -0.2) is 42.1 Å². The number of nitrogens with one attached hydrogen (secondary N) is 1. The standard InChI is InChI=1S/C10H22N2O3S/c1-9(2,10(3,4)13)11-16(14,15)12-7-5-6-8-12/h11,13H,5-8H2,1-4H3. The highest BCUT2D eigenvalue weighted by Crippen LogP contribution is 2.23. The Hall–Kier alpha value is -0.170. The molecule has 16 heavy (non-hydrogen) atoms. The van der Waals surface area contributed by atoms with Crippen LogP contribution in [0.3, 0.4) is 0 Å². The predicted octanol–water partition coefficient (Wildman–Crippen LogP) is 0.466. The molecule has 0 radical (unpaired) electrons. The molecule has 0 unspecified atom stereocenters. The second-order valence-electron chi connectivity index (χ2n) is 5.40. The summed E-state index contributed by atoms with van der Waals surface area (Å²) in [6.45, 7) is 7.69. The van der Waals surface area contributed by atoms with Gasteiger partial charge in [-0.1, -0.05) is 0 Å². The van der Waals surface area contributed by atoms with Crippen LogP contribution in [-0.2, 0) is 10.2 Å². The van der Waals surface area contributed by atoms with Crippen molar-refractivity contribution >= 4 is 10.2 Å². The molecule has 96 valence electrons. The molecule has 0 atom stereocenters. The van der Waals surface area contributed by atoms with Gasteiger partial charge in [0.2, 0.25) is 0 Å². The first-order valence-corrected chi connectivity index (χ1v) is 7.02. The molecule has 5 nitrogen and oxygen atoms in total. The van der Waals surface area contributed by atoms with Gasteiger partial charge in [0.1, 0.15) is 0 Å². The zero-order chi connectivity index (χ0) is 12.6. The van der Waals surface area contributed by atoms with Gasteiger partial charge in [0.15, 0.2) is 0 Å². The molecule has 0 aromatic carbocycles. The molecule has 1 aliphatic rings. The number of aliphatic hydroxyl groups is 1. The Bertz CT molecular complexity index is 338. The number of hydrogen-bond donors (Lipinski definition) is 2. The number of hydrogen-bond acceptors (Lipinski definition) is 3. The van der Waals surface area contributed by atoms with Crippen LogP contribution >= 0.6 is 0 Å². The predicted molar refractivity (Wildman–Crippen MR) is 63.2 cm³/mol. The summed E-state index contributed by atoms with van der Waals surface area (Å²) in [6, 6.07) is 0. The SMILES string of the molecule is CC(C)(O)C(C)(C)NS(=O)(=O)N1CCCC1. The van der Waals surface area contributed by atoms with Gasteiger partial charge in [-0.25, -0.2) is 0 Å². The molecule has 6 heteroatoms. The molecule has 1 aliphatic heterocycles. The lowest BCUT2D eigenvalue weighted by molar-refractivity contribution is 0.00573. The van der Waals surface area contributed by atoms with E-state index in [2.05, 4.69) is 4.72 Å². The van der Waals surface area contributed by atoms with Gasteiger partial charge in [0.25, 0.3) is 10.2 Å². The lowest BCUT2D eigenvalue weighted by Gasteiger charge is -2.38. The van der Waals surface area contributed by atoms with Gasteiger partial charge in [-0.15, -0.1) is 0 Å². The summed E-state index contributed by atoms with van der Waals surface area (Å²) in [7, 11) is -3.48. The molecule has 0 spiro atoms. The van der Waals surface area contributed by atoms with Crippen LogP contribution in [0.5, 0.6) is 0 Å². The van der Waals surface area contributed by atoms with Gasteiger partial charge in [-0.05, 0) is 40.5 Å². The molecule has 1 heterocycles. The molecule has 0 amide bonds. The van der Waals surface area contributed by atoms with E-state index < -0.39 is 21.3 Å². The van der Waals surface area contributed by atoms with E-state index in [0.717, 1.165) is 12.8 Å². The third-order valence-corrected chi connectivity index (χ3v) is 5.13. The van der Waals surface area contributed by atoms with Gasteiger partial charge in [0, 0.05) is 13.1 Å². The van der Waals surface area contributed by atoms with Crippen LogP contribution in [0.1, 0.15) is 40.5 Å². The van der Waals surface area contributed by atoms with Crippen molar-refractivity contribution in [2.75, 3.05) is 13.1 Å². The molecule has 1 saturated heterocycles. The maximum Gasteiger partial charge on any atom is 0.280 e. The summed E-state index contributed by atoms with van der Waals surface area (Å²) in [6.07, 6.45) is 1.81. The molecule has 2 N–H and O–H groups in total. The molecule has 0 aromatic rings. The van der Waals surface area contributed by atoms with Gasteiger partial charge in [-0.3, -0.25) is 0 Å². The highest BCUT2D eigenvalue weighted by Gasteiger charge is 2.40. The van der Waals surface area contributed by atoms with Crippen LogP contribution in [0.25, 0.3) is 0 Å². The summed E-state index contributed by atoms with van der Waals surface area (Å²) in [5, 5.41) is 9.91. The van der Waals surface area contributed by atoms with Crippen molar-refractivity contribution in [2.45, 2.75) is 51.7 Å². The van der Waals surface area contributed by atoms with Crippen LogP contribution in [0.15, 0.2) is 0 Å². The third-order valence-electron chi connectivity index (χ3n) is 3.32. The summed E-state index contributed by atoms with van der Waals surface area (Å²) in [5.41, 5.74) is -2.01. The maximum atomic E-state index is 12.0. The molecular formula is C10H22N2O3S. The molecule has 0 saturated carbocycles. The van der Waals surface area contributed by atoms with Crippen molar-refractivity contribution in [1.82, 2.24) is 9.03 Å². The Morgan fingerprint density at radius 2 is 1.56 bits per heavy atom. The fourth-order valence-corrected chi connectivity index (χ4v) is 3.20. The maximum absolute atomic E-state index is 12.0. The molecule has 1 fully saturated rings. The van der Waals surface area contributed by atoms with E-state index in [4.69, 9.17) is 0 Å². The minimum Gasteiger partial charge on any atom is -0.389 e. The Morgan fingerprint density at radius 1 is 1.12 bits per heavy atom. The lowest BCUT2D eigenvalue weighted by atomic mass is 9.87. The summed E-state index contributed by atoms with van der Waals surface area (Å²) < 4.78 is 28.0. The average molecular weight is 250 g/mol. The Balaban J connectivity index is 2.80. The first kappa shape index (κ1) is 13.9. The van der Waals surface area contributed by atoms with Crippen molar-refractivity contribution in [1.29, 1.82) is 0 Å². The van der Waals surface area contributed by atoms with Gasteiger partial charge in [-0.2, -0.15) is 17.4 Å². The monoisotopic (exact) mass is 250 g/mol. The Labute approximate surface area is 98.0 Å². The van der Waals surface area contributed by atoms with E-state index in [1.165, 1.54) is 4.31 Å². The summed E-state index contributed by atoms with van der Waals surface area (Å²) >= 11 is 0. The average Bonchev–Trinajstić information content (AvgIpc) is 2.50. The Kier molecular flexibility index (Phi) is 3.69. The van der Waals surface area contributed by atoms with Crippen LogP contribution < -0.4 is 4.72 Å². The van der Waals surface area contributed by atoms with E-state index >= 15 is 0 Å². The Morgan fingerprint density at radius 3 is 1.94 bits per heavy atom. The van der Waals surface area contributed by atoms with Crippen molar-refractivity contribution in [3.05, 3.63) is 0 Å². The topological polar surface area (TPSA) is 69.6 Å². The molecule has 0 aromatic heterocycles. The van der Waals surface area contributed by atoms with Crippen LogP contribution in [0, 0.1) is 0 Å². The van der Waals surface area contributed by atoms with Crippen molar-refractivity contribution in [3.63, 3.8) is 0 Å². The zero-order valence-corrected chi connectivity index (χ0v) is 11.3. The molecular weight excluding hydrogens is 228 g/mol. The van der Waals surface area contributed by atoms with E-state index in [1.807, 2.05) is 0 Å². The van der Waals surface area contributed by atoms with Crippen molar-refractivity contribution in [3.8, 4) is 0 Å².